The molecule has 1 heterocycles. The smallest absolute Gasteiger partial charge is 0.223 e. The molecule has 2 aromatic rings. The van der Waals surface area contributed by atoms with E-state index in [0.717, 1.165) is 4.47 Å². The van der Waals surface area contributed by atoms with Crippen LogP contribution in [0.3, 0.4) is 0 Å². The zero-order chi connectivity index (χ0) is 12.3. The van der Waals surface area contributed by atoms with E-state index in [1.165, 1.54) is 5.56 Å². The Hall–Kier alpha value is -1.20. The highest BCUT2D eigenvalue weighted by Gasteiger charge is 2.07. The lowest BCUT2D eigenvalue weighted by atomic mass is 10.1. The van der Waals surface area contributed by atoms with Gasteiger partial charge in [0, 0.05) is 17.4 Å². The summed E-state index contributed by atoms with van der Waals surface area (Å²) in [6.45, 7) is 4.50. The summed E-state index contributed by atoms with van der Waals surface area (Å²) in [7, 11) is 0. The van der Waals surface area contributed by atoms with Gasteiger partial charge in [-0.15, -0.1) is 0 Å². The molecule has 0 unspecified atom stereocenters. The van der Waals surface area contributed by atoms with E-state index in [1.807, 2.05) is 12.1 Å². The van der Waals surface area contributed by atoms with Crippen LogP contribution in [0.25, 0.3) is 0 Å². The summed E-state index contributed by atoms with van der Waals surface area (Å²) in [4.78, 5) is 4.14. The molecular weight excluding hydrogens is 282 g/mol. The molecule has 5 heteroatoms. The molecule has 0 amide bonds. The first-order valence-electron chi connectivity index (χ1n) is 5.43. The Morgan fingerprint density at radius 2 is 2.06 bits per heavy atom. The molecule has 0 saturated carbocycles. The zero-order valence-electron chi connectivity index (χ0n) is 9.77. The molecule has 1 N–H and O–H groups in total. The van der Waals surface area contributed by atoms with E-state index < -0.39 is 0 Å². The molecule has 0 bridgehead atoms. The van der Waals surface area contributed by atoms with Crippen molar-refractivity contribution in [1.82, 2.24) is 15.5 Å². The van der Waals surface area contributed by atoms with Crippen molar-refractivity contribution in [3.63, 3.8) is 0 Å². The third-order valence-corrected chi connectivity index (χ3v) is 3.03. The Bertz CT molecular complexity index is 481. The van der Waals surface area contributed by atoms with Crippen LogP contribution in [-0.2, 0) is 6.54 Å². The minimum absolute atomic E-state index is 0.252. The maximum absolute atomic E-state index is 4.91. The van der Waals surface area contributed by atoms with Crippen LogP contribution in [0.2, 0.25) is 0 Å². The second-order valence-electron chi connectivity index (χ2n) is 3.88. The van der Waals surface area contributed by atoms with E-state index in [-0.39, 0.29) is 6.04 Å². The third kappa shape index (κ3) is 3.38. The van der Waals surface area contributed by atoms with Crippen molar-refractivity contribution < 1.29 is 4.52 Å². The van der Waals surface area contributed by atoms with E-state index >= 15 is 0 Å². The fourth-order valence-corrected chi connectivity index (χ4v) is 1.79. The summed E-state index contributed by atoms with van der Waals surface area (Å²) >= 11 is 3.42. The summed E-state index contributed by atoms with van der Waals surface area (Å²) in [6.07, 6.45) is 0. The van der Waals surface area contributed by atoms with E-state index in [0.29, 0.717) is 18.3 Å². The second-order valence-corrected chi connectivity index (χ2v) is 4.80. The fourth-order valence-electron chi connectivity index (χ4n) is 1.53. The number of nitrogens with one attached hydrogen (secondary N) is 1. The van der Waals surface area contributed by atoms with Gasteiger partial charge in [0.2, 0.25) is 5.89 Å². The fraction of sp³-hybridized carbons (Fsp3) is 0.333. The molecule has 90 valence electrons. The highest BCUT2D eigenvalue weighted by atomic mass is 79.9. The number of aromatic nitrogens is 2. The van der Waals surface area contributed by atoms with E-state index in [9.17, 15) is 0 Å². The molecule has 1 atom stereocenters. The first-order chi connectivity index (χ1) is 8.15. The molecule has 0 spiro atoms. The summed E-state index contributed by atoms with van der Waals surface area (Å²) < 4.78 is 6.00. The van der Waals surface area contributed by atoms with Crippen molar-refractivity contribution in [2.75, 3.05) is 0 Å². The van der Waals surface area contributed by atoms with Crippen molar-refractivity contribution in [1.29, 1.82) is 0 Å². The van der Waals surface area contributed by atoms with E-state index in [1.54, 1.807) is 6.92 Å². The number of aryl methyl sites for hydroxylation is 1. The lowest BCUT2D eigenvalue weighted by Crippen LogP contribution is -2.18. The third-order valence-electron chi connectivity index (χ3n) is 2.51. The van der Waals surface area contributed by atoms with Crippen molar-refractivity contribution >= 4 is 15.9 Å². The van der Waals surface area contributed by atoms with Crippen LogP contribution < -0.4 is 5.32 Å². The molecule has 4 nitrogen and oxygen atoms in total. The molecule has 0 aliphatic heterocycles. The van der Waals surface area contributed by atoms with Gasteiger partial charge in [0.15, 0.2) is 5.82 Å². The molecule has 0 fully saturated rings. The van der Waals surface area contributed by atoms with Gasteiger partial charge in [-0.3, -0.25) is 0 Å². The maximum Gasteiger partial charge on any atom is 0.223 e. The molecule has 1 aromatic carbocycles. The normalized spacial score (nSPS) is 12.6. The Labute approximate surface area is 109 Å². The van der Waals surface area contributed by atoms with Crippen molar-refractivity contribution in [3.8, 4) is 0 Å². The first kappa shape index (κ1) is 12.3. The lowest BCUT2D eigenvalue weighted by molar-refractivity contribution is 0.384. The van der Waals surface area contributed by atoms with Gasteiger partial charge in [-0.1, -0.05) is 33.2 Å². The molecule has 0 aliphatic rings. The predicted molar refractivity (Wildman–Crippen MR) is 68.4 cm³/mol. The first-order valence-corrected chi connectivity index (χ1v) is 6.22. The Kier molecular flexibility index (Phi) is 3.91. The average molecular weight is 296 g/mol. The van der Waals surface area contributed by atoms with Gasteiger partial charge in [0.1, 0.15) is 0 Å². The number of hydrogen-bond donors (Lipinski definition) is 1. The Morgan fingerprint density at radius 3 is 2.65 bits per heavy atom. The Balaban J connectivity index is 1.93. The van der Waals surface area contributed by atoms with Gasteiger partial charge in [-0.05, 0) is 24.6 Å². The predicted octanol–water partition coefficient (Wildman–Crippen LogP) is 2.99. The minimum atomic E-state index is 0.252. The lowest BCUT2D eigenvalue weighted by Gasteiger charge is -2.12. The maximum atomic E-state index is 4.91. The van der Waals surface area contributed by atoms with Crippen LogP contribution in [0.5, 0.6) is 0 Å². The minimum Gasteiger partial charge on any atom is -0.340 e. The monoisotopic (exact) mass is 295 g/mol. The quantitative estimate of drug-likeness (QED) is 0.942. The second kappa shape index (κ2) is 5.42. The molecule has 0 aliphatic carbocycles. The van der Waals surface area contributed by atoms with Gasteiger partial charge in [0.05, 0.1) is 6.54 Å². The molecule has 1 aromatic heterocycles. The molecule has 0 saturated heterocycles. The summed E-state index contributed by atoms with van der Waals surface area (Å²) in [5, 5.41) is 7.19. The number of hydrogen-bond acceptors (Lipinski definition) is 4. The highest BCUT2D eigenvalue weighted by Crippen LogP contribution is 2.16. The topological polar surface area (TPSA) is 51.0 Å². The van der Waals surface area contributed by atoms with Gasteiger partial charge < -0.3 is 9.84 Å². The van der Waals surface area contributed by atoms with Gasteiger partial charge in [-0.25, -0.2) is 0 Å². The van der Waals surface area contributed by atoms with Crippen LogP contribution in [-0.4, -0.2) is 10.1 Å². The summed E-state index contributed by atoms with van der Waals surface area (Å²) in [6, 6.07) is 8.49. The van der Waals surface area contributed by atoms with Crippen molar-refractivity contribution in [2.24, 2.45) is 0 Å². The number of nitrogens with zero attached hydrogens (tertiary/aromatic N) is 2. The molecule has 0 radical (unpaired) electrons. The summed E-state index contributed by atoms with van der Waals surface area (Å²) in [5.41, 5.74) is 1.23. The van der Waals surface area contributed by atoms with Crippen LogP contribution >= 0.6 is 15.9 Å². The van der Waals surface area contributed by atoms with Gasteiger partial charge in [-0.2, -0.15) is 4.98 Å². The molecule has 2 rings (SSSR count). The molecule has 17 heavy (non-hydrogen) atoms. The van der Waals surface area contributed by atoms with Crippen LogP contribution in [0.15, 0.2) is 33.3 Å². The number of benzene rings is 1. The van der Waals surface area contributed by atoms with E-state index in [4.69, 9.17) is 4.52 Å². The van der Waals surface area contributed by atoms with E-state index in [2.05, 4.69) is 50.4 Å². The molecular formula is C12H14BrN3O. The largest absolute Gasteiger partial charge is 0.340 e. The van der Waals surface area contributed by atoms with Crippen LogP contribution in [0.4, 0.5) is 0 Å². The Morgan fingerprint density at radius 1 is 1.35 bits per heavy atom. The van der Waals surface area contributed by atoms with Crippen molar-refractivity contribution in [2.45, 2.75) is 26.4 Å². The summed E-state index contributed by atoms with van der Waals surface area (Å²) in [5.74, 6) is 1.28. The van der Waals surface area contributed by atoms with Crippen molar-refractivity contribution in [3.05, 3.63) is 46.0 Å². The number of halogens is 1. The SMILES string of the molecule is Cc1nc(CN[C@@H](C)c2ccc(Br)cc2)no1. The number of rotatable bonds is 4. The van der Waals surface area contributed by atoms with Gasteiger partial charge in [0.25, 0.3) is 0 Å². The van der Waals surface area contributed by atoms with Crippen LogP contribution in [0.1, 0.15) is 30.2 Å². The van der Waals surface area contributed by atoms with Gasteiger partial charge >= 0.3 is 0 Å². The van der Waals surface area contributed by atoms with Crippen LogP contribution in [0, 0.1) is 6.92 Å². The highest BCUT2D eigenvalue weighted by molar-refractivity contribution is 9.10. The standard InChI is InChI=1S/C12H14BrN3O/c1-8(10-3-5-11(13)6-4-10)14-7-12-15-9(2)17-16-12/h3-6,8,14H,7H2,1-2H3/t8-/m0/s1. The average Bonchev–Trinajstić information content (AvgIpc) is 2.73. The zero-order valence-corrected chi connectivity index (χ0v) is 11.4.